The first-order chi connectivity index (χ1) is 53.0. The van der Waals surface area contributed by atoms with Gasteiger partial charge in [0.05, 0.1) is 0 Å². The van der Waals surface area contributed by atoms with Crippen LogP contribution >= 0.6 is 15.6 Å². The van der Waals surface area contributed by atoms with E-state index in [1.807, 2.05) is 97.1 Å². The third-order valence-corrected chi connectivity index (χ3v) is 22.8. The van der Waals surface area contributed by atoms with Crippen molar-refractivity contribution in [2.75, 3.05) is 0 Å². The van der Waals surface area contributed by atoms with Crippen molar-refractivity contribution in [2.45, 2.75) is 209 Å². The van der Waals surface area contributed by atoms with Crippen molar-refractivity contribution >= 4 is 15.6 Å². The zero-order valence-electron chi connectivity index (χ0n) is 71.6. The molecule has 0 saturated carbocycles. The maximum absolute atomic E-state index is 14.5. The van der Waals surface area contributed by atoms with Crippen LogP contribution in [0.15, 0.2) is 267 Å². The summed E-state index contributed by atoms with van der Waals surface area (Å²) in [5.74, 6) is 1.06. The molecule has 12 aromatic rings. The molecule has 2 N–H and O–H groups in total. The summed E-state index contributed by atoms with van der Waals surface area (Å²) < 4.78 is 53.8. The summed E-state index contributed by atoms with van der Waals surface area (Å²) in [7, 11) is -9.58. The molecule has 8 nitrogen and oxygen atoms in total. The molecule has 0 bridgehead atoms. The quantitative estimate of drug-likeness (QED) is 0.0921. The second-order valence-electron chi connectivity index (χ2n) is 38.7. The van der Waals surface area contributed by atoms with Gasteiger partial charge in [-0.1, -0.05) is 385 Å². The number of benzene rings is 12. The lowest BCUT2D eigenvalue weighted by atomic mass is 9.77. The van der Waals surface area contributed by atoms with E-state index in [0.29, 0.717) is 22.3 Å². The fourth-order valence-electron chi connectivity index (χ4n) is 14.5. The Kier molecular flexibility index (Phi) is 24.3. The fraction of sp³-hybridized carbons (Fsp3) is 0.308. The average Bonchev–Trinajstić information content (AvgIpc) is 0.776. The van der Waals surface area contributed by atoms with Crippen LogP contribution in [0.25, 0.3) is 89.0 Å². The standard InChI is InChI=1S/2C52H59O4P/c2*1-49(2,3)39-25-27-41(45(33-39)51(7,8)9)43-31-37(35-19-15-13-16-20-35)23-29-47(43)55-57(53,54)56-48-30-24-38(36-21-17-14-18-22-36)32-44(48)42-28-26-40(50(4,5)6)34-46(42)52(10,11)12/h2*13-34H,1-12H3,(H,53,54). The molecular weight excluding hydrogens is 1440 g/mol. The Morgan fingerprint density at radius 1 is 0.193 bits per heavy atom. The monoisotopic (exact) mass is 1560 g/mol. The molecule has 0 fully saturated rings. The Labute approximate surface area is 681 Å². The van der Waals surface area contributed by atoms with Gasteiger partial charge in [0, 0.05) is 22.3 Å². The van der Waals surface area contributed by atoms with Gasteiger partial charge in [-0.2, -0.15) is 0 Å². The van der Waals surface area contributed by atoms with Gasteiger partial charge in [-0.15, -0.1) is 0 Å². The van der Waals surface area contributed by atoms with Crippen LogP contribution in [0.1, 0.15) is 211 Å². The minimum Gasteiger partial charge on any atom is -0.395 e. The van der Waals surface area contributed by atoms with E-state index in [1.165, 1.54) is 22.3 Å². The molecule has 12 rings (SSSR count). The first-order valence-corrected chi connectivity index (χ1v) is 42.8. The maximum Gasteiger partial charge on any atom is 0.584 e. The Balaban J connectivity index is 0.000000225. The smallest absolute Gasteiger partial charge is 0.395 e. The number of phosphoric ester groups is 2. The van der Waals surface area contributed by atoms with Crippen LogP contribution in [0, 0.1) is 0 Å². The molecule has 0 aromatic heterocycles. The van der Waals surface area contributed by atoms with E-state index in [1.54, 1.807) is 24.3 Å². The lowest BCUT2D eigenvalue weighted by Gasteiger charge is -2.29. The van der Waals surface area contributed by atoms with Crippen molar-refractivity contribution in [3.05, 3.63) is 311 Å². The van der Waals surface area contributed by atoms with Crippen molar-refractivity contribution in [3.63, 3.8) is 0 Å². The summed E-state index contributed by atoms with van der Waals surface area (Å²) in [6, 6.07) is 89.8. The summed E-state index contributed by atoms with van der Waals surface area (Å²) >= 11 is 0. The van der Waals surface area contributed by atoms with E-state index in [9.17, 15) is 18.9 Å². The maximum atomic E-state index is 14.5. The SMILES string of the molecule is CC(C)(C)c1ccc(-c2cc(-c3ccccc3)ccc2OP(=O)(O)Oc2ccc(-c3ccccc3)cc2-c2ccc(C(C)(C)C)cc2C(C)(C)C)c(C(C)(C)C)c1.CC(C)(C)c1ccc(-c2cc(-c3ccccc3)ccc2OP(=O)(O)Oc2ccc(-c3ccccc3)cc2-c2ccc(C(C)(C)C)cc2C(C)(C)C)c(C(C)(C)C)c1. The van der Waals surface area contributed by atoms with E-state index in [2.05, 4.69) is 312 Å². The highest BCUT2D eigenvalue weighted by Gasteiger charge is 2.36. The molecule has 0 atom stereocenters. The van der Waals surface area contributed by atoms with E-state index in [-0.39, 0.29) is 66.3 Å². The molecule has 0 heterocycles. The Morgan fingerprint density at radius 3 is 0.526 bits per heavy atom. The van der Waals surface area contributed by atoms with Crippen LogP contribution in [0.4, 0.5) is 0 Å². The highest BCUT2D eigenvalue weighted by Crippen LogP contribution is 2.56. The van der Waals surface area contributed by atoms with Crippen LogP contribution in [-0.2, 0) is 52.5 Å². The highest BCUT2D eigenvalue weighted by atomic mass is 31.2. The summed E-state index contributed by atoms with van der Waals surface area (Å²) in [5.41, 5.74) is 22.7. The zero-order valence-corrected chi connectivity index (χ0v) is 73.4. The van der Waals surface area contributed by atoms with Crippen molar-refractivity contribution in [2.24, 2.45) is 0 Å². The van der Waals surface area contributed by atoms with Gasteiger partial charge in [0.25, 0.3) is 0 Å². The molecule has 0 saturated heterocycles. The van der Waals surface area contributed by atoms with Crippen molar-refractivity contribution in [1.82, 2.24) is 0 Å². The van der Waals surface area contributed by atoms with Gasteiger partial charge < -0.3 is 18.1 Å². The number of hydrogen-bond acceptors (Lipinski definition) is 6. The van der Waals surface area contributed by atoms with Gasteiger partial charge in [-0.25, -0.2) is 9.13 Å². The highest BCUT2D eigenvalue weighted by molar-refractivity contribution is 7.48. The first kappa shape index (κ1) is 85.1. The largest absolute Gasteiger partial charge is 0.584 e. The normalized spacial score (nSPS) is 12.7. The second kappa shape index (κ2) is 32.5. The van der Waals surface area contributed by atoms with Gasteiger partial charge in [0.2, 0.25) is 0 Å². The van der Waals surface area contributed by atoms with E-state index in [0.717, 1.165) is 89.0 Å². The van der Waals surface area contributed by atoms with E-state index in [4.69, 9.17) is 18.1 Å². The molecule has 592 valence electrons. The van der Waals surface area contributed by atoms with Gasteiger partial charge in [-0.3, -0.25) is 9.79 Å². The number of phosphoric acid groups is 2. The molecule has 0 aliphatic heterocycles. The van der Waals surface area contributed by atoms with Crippen LogP contribution in [0.5, 0.6) is 23.0 Å². The second-order valence-corrected chi connectivity index (χ2v) is 41.3. The van der Waals surface area contributed by atoms with Crippen LogP contribution in [0.2, 0.25) is 0 Å². The average molecular weight is 1560 g/mol. The third-order valence-electron chi connectivity index (χ3n) is 21.1. The van der Waals surface area contributed by atoms with Gasteiger partial charge in [0.1, 0.15) is 23.0 Å². The Morgan fingerprint density at radius 2 is 0.368 bits per heavy atom. The molecule has 0 aliphatic carbocycles. The first-order valence-electron chi connectivity index (χ1n) is 39.9. The number of rotatable bonds is 16. The van der Waals surface area contributed by atoms with E-state index >= 15 is 0 Å². The Hall–Kier alpha value is -9.78. The number of hydrogen-bond donors (Lipinski definition) is 2. The summed E-state index contributed by atoms with van der Waals surface area (Å²) in [6.07, 6.45) is 0. The van der Waals surface area contributed by atoms with Crippen LogP contribution in [-0.4, -0.2) is 9.79 Å². The van der Waals surface area contributed by atoms with Gasteiger partial charge in [-0.05, 0) is 203 Å². The third kappa shape index (κ3) is 20.5. The van der Waals surface area contributed by atoms with E-state index < -0.39 is 15.6 Å². The minimum absolute atomic E-state index is 0.0634. The molecule has 0 amide bonds. The molecule has 10 heteroatoms. The van der Waals surface area contributed by atoms with Crippen molar-refractivity contribution < 1.29 is 37.0 Å². The van der Waals surface area contributed by atoms with Crippen LogP contribution < -0.4 is 18.1 Å². The summed E-state index contributed by atoms with van der Waals surface area (Å²) in [4.78, 5) is 23.6. The zero-order chi connectivity index (χ0) is 83.1. The lowest BCUT2D eigenvalue weighted by Crippen LogP contribution is -2.17. The molecule has 0 aliphatic rings. The van der Waals surface area contributed by atoms with Gasteiger partial charge in [0.15, 0.2) is 0 Å². The molecule has 12 aromatic carbocycles. The summed E-state index contributed by atoms with van der Waals surface area (Å²) in [6.45, 7) is 52.9. The summed E-state index contributed by atoms with van der Waals surface area (Å²) in [5, 5.41) is 0. The van der Waals surface area contributed by atoms with Crippen LogP contribution in [0.3, 0.4) is 0 Å². The van der Waals surface area contributed by atoms with Gasteiger partial charge >= 0.3 is 15.6 Å². The fourth-order valence-corrected chi connectivity index (χ4v) is 16.2. The lowest BCUT2D eigenvalue weighted by molar-refractivity contribution is 0.289. The predicted molar refractivity (Wildman–Crippen MR) is 481 cm³/mol. The predicted octanol–water partition coefficient (Wildman–Crippen LogP) is 30.2. The molecule has 0 spiro atoms. The molecular formula is C104H118O8P2. The van der Waals surface area contributed by atoms with Crippen molar-refractivity contribution in [1.29, 1.82) is 0 Å². The topological polar surface area (TPSA) is 112 Å². The molecule has 0 radical (unpaired) electrons. The molecule has 0 unspecified atom stereocenters. The Bertz CT molecular complexity index is 4850. The van der Waals surface area contributed by atoms with Crippen molar-refractivity contribution in [3.8, 4) is 112 Å². The minimum atomic E-state index is -4.79. The molecule has 114 heavy (non-hydrogen) atoms.